The average molecular weight is 857 g/mol. The molecule has 0 rings (SSSR count). The van der Waals surface area contributed by atoms with Gasteiger partial charge in [-0.2, -0.15) is 0 Å². The molecule has 1 N–H and O–H groups in total. The summed E-state index contributed by atoms with van der Waals surface area (Å²) in [6.07, 6.45) is 55.9. The number of rotatable bonds is 39. The topological polar surface area (TPSA) is 108 Å². The van der Waals surface area contributed by atoms with Crippen molar-refractivity contribution >= 4 is 19.8 Å². The van der Waals surface area contributed by atoms with Crippen LogP contribution in [0.25, 0.3) is 0 Å². The molecular formula is C50H83NO8P+. The van der Waals surface area contributed by atoms with Gasteiger partial charge in [-0.3, -0.25) is 18.6 Å². The summed E-state index contributed by atoms with van der Waals surface area (Å²) in [5, 5.41) is 0. The monoisotopic (exact) mass is 857 g/mol. The number of esters is 2. The third-order valence-electron chi connectivity index (χ3n) is 8.81. The van der Waals surface area contributed by atoms with Crippen LogP contribution >= 0.6 is 7.82 Å². The highest BCUT2D eigenvalue weighted by molar-refractivity contribution is 7.47. The van der Waals surface area contributed by atoms with Gasteiger partial charge in [0.05, 0.1) is 27.7 Å². The van der Waals surface area contributed by atoms with Gasteiger partial charge in [0.15, 0.2) is 6.10 Å². The Kier molecular flexibility index (Phi) is 38.8. The van der Waals surface area contributed by atoms with Gasteiger partial charge in [0.2, 0.25) is 0 Å². The number of carbonyl (C=O) groups excluding carboxylic acids is 2. The van der Waals surface area contributed by atoms with Crippen molar-refractivity contribution in [3.05, 3.63) is 109 Å². The minimum absolute atomic E-state index is 0.0122. The van der Waals surface area contributed by atoms with Crippen molar-refractivity contribution in [2.24, 2.45) is 0 Å². The minimum atomic E-state index is -4.40. The molecule has 0 fully saturated rings. The molecule has 0 heterocycles. The summed E-state index contributed by atoms with van der Waals surface area (Å²) in [7, 11) is 1.41. The van der Waals surface area contributed by atoms with Crippen LogP contribution in [0.15, 0.2) is 109 Å². The molecule has 9 nitrogen and oxygen atoms in total. The van der Waals surface area contributed by atoms with Gasteiger partial charge in [0, 0.05) is 12.8 Å². The van der Waals surface area contributed by atoms with Crippen LogP contribution in [0.3, 0.4) is 0 Å². The average Bonchev–Trinajstić information content (AvgIpc) is 3.20. The van der Waals surface area contributed by atoms with Crippen molar-refractivity contribution in [2.75, 3.05) is 47.5 Å². The minimum Gasteiger partial charge on any atom is -0.462 e. The van der Waals surface area contributed by atoms with Crippen molar-refractivity contribution in [1.82, 2.24) is 0 Å². The van der Waals surface area contributed by atoms with E-state index in [2.05, 4.69) is 111 Å². The second-order valence-electron chi connectivity index (χ2n) is 15.7. The zero-order valence-electron chi connectivity index (χ0n) is 38.1. The number of ether oxygens (including phenoxy) is 2. The number of nitrogens with zero attached hydrogens (tertiary/aromatic N) is 1. The van der Waals surface area contributed by atoms with Crippen LogP contribution in [-0.4, -0.2) is 74.9 Å². The van der Waals surface area contributed by atoms with Gasteiger partial charge >= 0.3 is 19.8 Å². The molecule has 0 aromatic rings. The summed E-state index contributed by atoms with van der Waals surface area (Å²) in [4.78, 5) is 35.3. The Morgan fingerprint density at radius 3 is 1.40 bits per heavy atom. The predicted molar refractivity (Wildman–Crippen MR) is 251 cm³/mol. The summed E-state index contributed by atoms with van der Waals surface area (Å²) in [6, 6.07) is 0. The molecule has 10 heteroatoms. The van der Waals surface area contributed by atoms with Crippen LogP contribution < -0.4 is 0 Å². The molecule has 0 saturated carbocycles. The molecular weight excluding hydrogens is 774 g/mol. The number of hydrogen-bond donors (Lipinski definition) is 1. The van der Waals surface area contributed by atoms with E-state index in [0.717, 1.165) is 83.5 Å². The number of phosphoric ester groups is 1. The van der Waals surface area contributed by atoms with Crippen molar-refractivity contribution in [2.45, 2.75) is 148 Å². The Morgan fingerprint density at radius 1 is 0.517 bits per heavy atom. The third kappa shape index (κ3) is 44.2. The SMILES string of the molecule is CC/C=C\C/C=C\C/C=C\C/C=C\C/C=C\CCCCCCCCCC(=O)OC(COC(=O)CC/C=C\C/C=C\C/C=C\C/C=C\CC)COP(=O)(O)OCC[N+](C)(C)C. The summed E-state index contributed by atoms with van der Waals surface area (Å²) in [5.74, 6) is -0.919. The number of quaternary nitrogens is 1. The Balaban J connectivity index is 4.42. The molecule has 60 heavy (non-hydrogen) atoms. The standard InChI is InChI=1S/C50H82NO8P/c1-6-8-10-12-14-16-18-20-21-22-23-24-25-26-27-28-29-31-33-35-37-39-41-43-50(53)59-48(47-58-60(54,55)57-45-44-51(3,4)5)46-56-49(52)42-40-38-36-34-32-30-19-17-15-13-11-9-7-2/h8-11,14-17,20-21,23-24,26-27,30,32,36,38,48H,6-7,12-13,18-19,22,25,28-29,31,33-35,37,39-47H2,1-5H3/p+1/b10-8-,11-9-,16-14-,17-15-,21-20-,24-23-,27-26-,32-30-,38-36-. The predicted octanol–water partition coefficient (Wildman–Crippen LogP) is 13.1. The molecule has 0 aliphatic carbocycles. The van der Waals surface area contributed by atoms with Gasteiger partial charge < -0.3 is 18.9 Å². The lowest BCUT2D eigenvalue weighted by molar-refractivity contribution is -0.870. The van der Waals surface area contributed by atoms with E-state index in [4.69, 9.17) is 18.5 Å². The summed E-state index contributed by atoms with van der Waals surface area (Å²) in [6.45, 7) is 4.06. The zero-order chi connectivity index (χ0) is 44.3. The second-order valence-corrected chi connectivity index (χ2v) is 17.1. The van der Waals surface area contributed by atoms with E-state index >= 15 is 0 Å². The van der Waals surface area contributed by atoms with Crippen LogP contribution in [0.4, 0.5) is 0 Å². The van der Waals surface area contributed by atoms with Crippen molar-refractivity contribution in [1.29, 1.82) is 0 Å². The maximum absolute atomic E-state index is 12.7. The van der Waals surface area contributed by atoms with E-state index in [-0.39, 0.29) is 26.1 Å². The Hall–Kier alpha value is -3.33. The van der Waals surface area contributed by atoms with Gasteiger partial charge in [-0.25, -0.2) is 4.57 Å². The summed E-state index contributed by atoms with van der Waals surface area (Å²) >= 11 is 0. The van der Waals surface area contributed by atoms with E-state index < -0.39 is 32.5 Å². The summed E-state index contributed by atoms with van der Waals surface area (Å²) in [5.41, 5.74) is 0. The van der Waals surface area contributed by atoms with E-state index in [1.54, 1.807) is 0 Å². The zero-order valence-corrected chi connectivity index (χ0v) is 39.0. The van der Waals surface area contributed by atoms with Crippen LogP contribution in [0.1, 0.15) is 142 Å². The largest absolute Gasteiger partial charge is 0.472 e. The quantitative estimate of drug-likeness (QED) is 0.0214. The third-order valence-corrected chi connectivity index (χ3v) is 9.80. The first-order chi connectivity index (χ1) is 29.0. The molecule has 0 aromatic carbocycles. The van der Waals surface area contributed by atoms with Crippen LogP contribution in [0, 0.1) is 0 Å². The number of allylic oxidation sites excluding steroid dienone is 18. The number of likely N-dealkylation sites (N-methyl/N-ethyl adjacent to an activating group) is 1. The molecule has 0 aromatic heterocycles. The van der Waals surface area contributed by atoms with E-state index in [0.29, 0.717) is 23.9 Å². The lowest BCUT2D eigenvalue weighted by Gasteiger charge is -2.24. The lowest BCUT2D eigenvalue weighted by Crippen LogP contribution is -2.37. The number of phosphoric acid groups is 1. The highest BCUT2D eigenvalue weighted by Crippen LogP contribution is 2.43. The molecule has 0 aliphatic heterocycles. The van der Waals surface area contributed by atoms with Crippen molar-refractivity contribution in [3.63, 3.8) is 0 Å². The first-order valence-corrected chi connectivity index (χ1v) is 24.1. The lowest BCUT2D eigenvalue weighted by atomic mass is 10.1. The van der Waals surface area contributed by atoms with Gasteiger partial charge in [-0.15, -0.1) is 0 Å². The fraction of sp³-hybridized carbons (Fsp3) is 0.600. The fourth-order valence-electron chi connectivity index (χ4n) is 5.35. The molecule has 0 amide bonds. The molecule has 0 aliphatic rings. The normalized spacial score (nSPS) is 14.6. The maximum Gasteiger partial charge on any atom is 0.472 e. The van der Waals surface area contributed by atoms with Gasteiger partial charge in [-0.1, -0.05) is 155 Å². The highest BCUT2D eigenvalue weighted by Gasteiger charge is 2.27. The van der Waals surface area contributed by atoms with E-state index in [1.807, 2.05) is 33.3 Å². The Bertz CT molecular complexity index is 1380. The molecule has 0 radical (unpaired) electrons. The van der Waals surface area contributed by atoms with Crippen molar-refractivity contribution < 1.29 is 42.1 Å². The Morgan fingerprint density at radius 2 is 0.933 bits per heavy atom. The molecule has 0 saturated heterocycles. The number of unbranched alkanes of at least 4 members (excludes halogenated alkanes) is 7. The van der Waals surface area contributed by atoms with E-state index in [1.165, 1.54) is 19.3 Å². The highest BCUT2D eigenvalue weighted by atomic mass is 31.2. The number of carbonyl (C=O) groups is 2. The van der Waals surface area contributed by atoms with Crippen LogP contribution in [0.5, 0.6) is 0 Å². The van der Waals surface area contributed by atoms with Gasteiger partial charge in [0.25, 0.3) is 0 Å². The maximum atomic E-state index is 12.7. The first-order valence-electron chi connectivity index (χ1n) is 22.6. The smallest absolute Gasteiger partial charge is 0.462 e. The molecule has 0 bridgehead atoms. The fourth-order valence-corrected chi connectivity index (χ4v) is 6.09. The molecule has 0 spiro atoms. The first kappa shape index (κ1) is 56.7. The van der Waals surface area contributed by atoms with Gasteiger partial charge in [0.1, 0.15) is 19.8 Å². The van der Waals surface area contributed by atoms with Crippen LogP contribution in [-0.2, 0) is 32.7 Å². The molecule has 2 unspecified atom stereocenters. The molecule has 2 atom stereocenters. The van der Waals surface area contributed by atoms with Crippen molar-refractivity contribution in [3.8, 4) is 0 Å². The van der Waals surface area contributed by atoms with Crippen LogP contribution in [0.2, 0.25) is 0 Å². The number of hydrogen-bond acceptors (Lipinski definition) is 7. The Labute approximate surface area is 366 Å². The van der Waals surface area contributed by atoms with Gasteiger partial charge in [-0.05, 0) is 83.5 Å². The van der Waals surface area contributed by atoms with E-state index in [9.17, 15) is 19.0 Å². The summed E-state index contributed by atoms with van der Waals surface area (Å²) < 4.78 is 34.2. The molecule has 340 valence electrons. The second kappa shape index (κ2) is 41.0.